The predicted octanol–water partition coefficient (Wildman–Crippen LogP) is 5.75. The number of ether oxygens (including phenoxy) is 2. The van der Waals surface area contributed by atoms with Crippen molar-refractivity contribution >= 4 is 22.7 Å². The van der Waals surface area contributed by atoms with Crippen molar-refractivity contribution in [2.75, 3.05) is 18.6 Å². The van der Waals surface area contributed by atoms with Crippen LogP contribution in [0.4, 0.5) is 5.13 Å². The molecule has 0 bridgehead atoms. The fourth-order valence-corrected chi connectivity index (χ4v) is 3.46. The third kappa shape index (κ3) is 5.10. The van der Waals surface area contributed by atoms with Crippen molar-refractivity contribution in [3.8, 4) is 22.8 Å². The van der Waals surface area contributed by atoms with Gasteiger partial charge in [0, 0.05) is 10.4 Å². The van der Waals surface area contributed by atoms with E-state index in [2.05, 4.69) is 41.5 Å². The van der Waals surface area contributed by atoms with Gasteiger partial charge in [-0.15, -0.1) is 11.3 Å². The van der Waals surface area contributed by atoms with Gasteiger partial charge in [-0.2, -0.15) is 5.10 Å². The molecular weight excluding hydrogens is 370 g/mol. The van der Waals surface area contributed by atoms with Gasteiger partial charge in [-0.25, -0.2) is 4.98 Å². The summed E-state index contributed by atoms with van der Waals surface area (Å²) in [6.07, 6.45) is 2.71. The van der Waals surface area contributed by atoms with Gasteiger partial charge < -0.3 is 9.47 Å². The van der Waals surface area contributed by atoms with E-state index in [9.17, 15) is 0 Å². The Morgan fingerprint density at radius 2 is 1.89 bits per heavy atom. The monoisotopic (exact) mass is 395 g/mol. The van der Waals surface area contributed by atoms with Crippen LogP contribution in [0, 0.1) is 6.92 Å². The van der Waals surface area contributed by atoms with Gasteiger partial charge in [0.25, 0.3) is 0 Å². The number of thiazole rings is 1. The second-order valence-electron chi connectivity index (χ2n) is 6.15. The van der Waals surface area contributed by atoms with E-state index in [1.165, 1.54) is 0 Å². The van der Waals surface area contributed by atoms with E-state index in [4.69, 9.17) is 9.47 Å². The van der Waals surface area contributed by atoms with Crippen LogP contribution in [0.3, 0.4) is 0 Å². The van der Waals surface area contributed by atoms with Gasteiger partial charge in [-0.3, -0.25) is 5.43 Å². The molecular formula is C22H25N3O2S. The number of hydrogen-bond acceptors (Lipinski definition) is 6. The third-order valence-corrected chi connectivity index (χ3v) is 4.82. The molecule has 3 rings (SSSR count). The molecule has 6 heteroatoms. The van der Waals surface area contributed by atoms with E-state index in [0.717, 1.165) is 44.7 Å². The molecule has 0 saturated carbocycles. The fraction of sp³-hybridized carbons (Fsp3) is 0.273. The molecule has 0 unspecified atom stereocenters. The standard InChI is InChI=1S/C22H25N3O2S/c1-4-13-27-19-12-11-17(14-20(19)26-5-2)15-23-25-22-24-21(16(3)28-22)18-9-7-6-8-10-18/h6-12,14-15H,4-5,13H2,1-3H3,(H,24,25)/b23-15-. The molecule has 2 aromatic carbocycles. The fourth-order valence-electron chi connectivity index (χ4n) is 2.67. The van der Waals surface area contributed by atoms with E-state index >= 15 is 0 Å². The lowest BCUT2D eigenvalue weighted by atomic mass is 10.1. The molecule has 0 fully saturated rings. The van der Waals surface area contributed by atoms with Crippen molar-refractivity contribution < 1.29 is 9.47 Å². The van der Waals surface area contributed by atoms with Gasteiger partial charge >= 0.3 is 0 Å². The summed E-state index contributed by atoms with van der Waals surface area (Å²) in [5.41, 5.74) is 6.05. The first kappa shape index (κ1) is 19.9. The molecule has 0 saturated heterocycles. The number of anilines is 1. The summed E-state index contributed by atoms with van der Waals surface area (Å²) < 4.78 is 11.4. The highest BCUT2D eigenvalue weighted by atomic mass is 32.1. The molecule has 3 aromatic rings. The number of hydrogen-bond donors (Lipinski definition) is 1. The molecule has 1 N–H and O–H groups in total. The smallest absolute Gasteiger partial charge is 0.204 e. The third-order valence-electron chi connectivity index (χ3n) is 3.95. The normalized spacial score (nSPS) is 11.0. The molecule has 1 heterocycles. The zero-order chi connectivity index (χ0) is 19.8. The lowest BCUT2D eigenvalue weighted by Crippen LogP contribution is -2.00. The van der Waals surface area contributed by atoms with Gasteiger partial charge in [0.1, 0.15) is 0 Å². The lowest BCUT2D eigenvalue weighted by molar-refractivity contribution is 0.277. The lowest BCUT2D eigenvalue weighted by Gasteiger charge is -2.11. The van der Waals surface area contributed by atoms with Gasteiger partial charge in [0.15, 0.2) is 11.5 Å². The van der Waals surface area contributed by atoms with E-state index in [1.807, 2.05) is 43.3 Å². The Hall–Kier alpha value is -2.86. The summed E-state index contributed by atoms with van der Waals surface area (Å²) in [4.78, 5) is 5.81. The Labute approximate surface area is 170 Å². The Bertz CT molecular complexity index is 923. The van der Waals surface area contributed by atoms with Crippen molar-refractivity contribution in [1.82, 2.24) is 4.98 Å². The summed E-state index contributed by atoms with van der Waals surface area (Å²) in [7, 11) is 0. The average molecular weight is 396 g/mol. The van der Waals surface area contributed by atoms with E-state index in [-0.39, 0.29) is 0 Å². The minimum Gasteiger partial charge on any atom is -0.490 e. The van der Waals surface area contributed by atoms with Crippen molar-refractivity contribution in [1.29, 1.82) is 0 Å². The van der Waals surface area contributed by atoms with Crippen molar-refractivity contribution in [3.05, 3.63) is 59.0 Å². The first-order valence-corrected chi connectivity index (χ1v) is 10.2. The SMILES string of the molecule is CCCOc1ccc(/C=N\Nc2nc(-c3ccccc3)c(C)s2)cc1OCC. The van der Waals surface area contributed by atoms with Gasteiger partial charge in [0.2, 0.25) is 5.13 Å². The Balaban J connectivity index is 1.70. The Morgan fingerprint density at radius 1 is 1.07 bits per heavy atom. The van der Waals surface area contributed by atoms with E-state index in [1.54, 1.807) is 17.6 Å². The van der Waals surface area contributed by atoms with Crippen LogP contribution in [0.15, 0.2) is 53.6 Å². The van der Waals surface area contributed by atoms with Crippen molar-refractivity contribution in [2.24, 2.45) is 5.10 Å². The molecule has 0 aliphatic rings. The van der Waals surface area contributed by atoms with Crippen molar-refractivity contribution in [3.63, 3.8) is 0 Å². The van der Waals surface area contributed by atoms with Crippen LogP contribution < -0.4 is 14.9 Å². The quantitative estimate of drug-likeness (QED) is 0.370. The number of nitrogens with one attached hydrogen (secondary N) is 1. The summed E-state index contributed by atoms with van der Waals surface area (Å²) in [5.74, 6) is 1.49. The highest BCUT2D eigenvalue weighted by Crippen LogP contribution is 2.30. The first-order valence-electron chi connectivity index (χ1n) is 9.42. The molecule has 5 nitrogen and oxygen atoms in total. The maximum Gasteiger partial charge on any atom is 0.204 e. The highest BCUT2D eigenvalue weighted by molar-refractivity contribution is 7.15. The Morgan fingerprint density at radius 3 is 2.64 bits per heavy atom. The molecule has 0 aliphatic heterocycles. The minimum atomic E-state index is 0.585. The number of nitrogens with zero attached hydrogens (tertiary/aromatic N) is 2. The Kier molecular flexibility index (Phi) is 7.03. The second kappa shape index (κ2) is 9.90. The summed E-state index contributed by atoms with van der Waals surface area (Å²) in [5, 5.41) is 5.09. The number of aromatic nitrogens is 1. The van der Waals surface area contributed by atoms with Crippen molar-refractivity contribution in [2.45, 2.75) is 27.2 Å². The van der Waals surface area contributed by atoms with Gasteiger partial charge in [0.05, 0.1) is 25.1 Å². The molecule has 0 amide bonds. The van der Waals surface area contributed by atoms with Gasteiger partial charge in [-0.1, -0.05) is 37.3 Å². The van der Waals surface area contributed by atoms with Crippen LogP contribution in [-0.2, 0) is 0 Å². The highest BCUT2D eigenvalue weighted by Gasteiger charge is 2.09. The molecule has 0 spiro atoms. The topological polar surface area (TPSA) is 55.7 Å². The van der Waals surface area contributed by atoms with Crippen LogP contribution in [0.1, 0.15) is 30.7 Å². The molecule has 1 aromatic heterocycles. The zero-order valence-electron chi connectivity index (χ0n) is 16.4. The minimum absolute atomic E-state index is 0.585. The van der Waals surface area contributed by atoms with E-state index in [0.29, 0.717) is 13.2 Å². The van der Waals surface area contributed by atoms with Crippen LogP contribution in [0.5, 0.6) is 11.5 Å². The maximum atomic E-state index is 5.73. The molecule has 28 heavy (non-hydrogen) atoms. The molecule has 0 atom stereocenters. The number of rotatable bonds is 9. The summed E-state index contributed by atoms with van der Waals surface area (Å²) in [6, 6.07) is 16.0. The van der Waals surface area contributed by atoms with Crippen LogP contribution >= 0.6 is 11.3 Å². The van der Waals surface area contributed by atoms with Crippen LogP contribution in [0.2, 0.25) is 0 Å². The van der Waals surface area contributed by atoms with E-state index < -0.39 is 0 Å². The van der Waals surface area contributed by atoms with Crippen LogP contribution in [-0.4, -0.2) is 24.4 Å². The summed E-state index contributed by atoms with van der Waals surface area (Å²) >= 11 is 1.59. The number of aryl methyl sites for hydroxylation is 1. The number of hydrazone groups is 1. The first-order chi connectivity index (χ1) is 13.7. The van der Waals surface area contributed by atoms with Crippen LogP contribution in [0.25, 0.3) is 11.3 Å². The largest absolute Gasteiger partial charge is 0.490 e. The predicted molar refractivity (Wildman–Crippen MR) is 117 cm³/mol. The zero-order valence-corrected chi connectivity index (χ0v) is 17.3. The number of benzene rings is 2. The average Bonchev–Trinajstić information content (AvgIpc) is 3.09. The maximum absolute atomic E-state index is 5.73. The molecule has 146 valence electrons. The second-order valence-corrected chi connectivity index (χ2v) is 7.35. The molecule has 0 aliphatic carbocycles. The molecule has 0 radical (unpaired) electrons. The summed E-state index contributed by atoms with van der Waals surface area (Å²) in [6.45, 7) is 7.36. The van der Waals surface area contributed by atoms with Gasteiger partial charge in [-0.05, 0) is 44.0 Å².